The molecule has 2 fully saturated rings. The molecule has 0 bridgehead atoms. The summed E-state index contributed by atoms with van der Waals surface area (Å²) in [5.41, 5.74) is 0. The van der Waals surface area contributed by atoms with Gasteiger partial charge in [0.1, 0.15) is 0 Å². The van der Waals surface area contributed by atoms with Gasteiger partial charge in [0.15, 0.2) is 5.82 Å². The Morgan fingerprint density at radius 1 is 1.42 bits per heavy atom. The second-order valence-corrected chi connectivity index (χ2v) is 5.69. The van der Waals surface area contributed by atoms with Crippen molar-refractivity contribution in [1.82, 2.24) is 25.5 Å². The average Bonchev–Trinajstić information content (AvgIpc) is 2.96. The Bertz CT molecular complexity index is 417. The number of rotatable bonds is 6. The lowest BCUT2D eigenvalue weighted by Crippen LogP contribution is -2.29. The molecule has 1 saturated carbocycles. The molecular weight excluding hydrogens is 242 g/mol. The molecule has 1 aliphatic heterocycles. The summed E-state index contributed by atoms with van der Waals surface area (Å²) in [4.78, 5) is 0. The van der Waals surface area contributed by atoms with E-state index in [-0.39, 0.29) is 6.04 Å². The quantitative estimate of drug-likeness (QED) is 0.844. The lowest BCUT2D eigenvalue weighted by molar-refractivity contribution is 0.0712. The highest BCUT2D eigenvalue weighted by atomic mass is 16.5. The lowest BCUT2D eigenvalue weighted by Gasteiger charge is -2.21. The molecule has 3 unspecified atom stereocenters. The van der Waals surface area contributed by atoms with E-state index in [1.807, 2.05) is 4.68 Å². The van der Waals surface area contributed by atoms with Crippen LogP contribution >= 0.6 is 0 Å². The first-order valence-electron chi connectivity index (χ1n) is 7.44. The summed E-state index contributed by atoms with van der Waals surface area (Å²) in [6, 6.07) is 0.513. The summed E-state index contributed by atoms with van der Waals surface area (Å²) in [7, 11) is 0. The van der Waals surface area contributed by atoms with Gasteiger partial charge >= 0.3 is 0 Å². The molecule has 3 atom stereocenters. The van der Waals surface area contributed by atoms with Crippen molar-refractivity contribution in [3.8, 4) is 0 Å². The molecule has 1 aromatic rings. The van der Waals surface area contributed by atoms with E-state index in [1.165, 1.54) is 12.8 Å². The predicted octanol–water partition coefficient (Wildman–Crippen LogP) is 1.47. The van der Waals surface area contributed by atoms with Crippen LogP contribution < -0.4 is 5.32 Å². The minimum Gasteiger partial charge on any atom is -0.376 e. The van der Waals surface area contributed by atoms with Gasteiger partial charge in [0.2, 0.25) is 0 Å². The van der Waals surface area contributed by atoms with E-state index in [4.69, 9.17) is 4.74 Å². The third-order valence-corrected chi connectivity index (χ3v) is 4.11. The fourth-order valence-electron chi connectivity index (χ4n) is 2.91. The predicted molar refractivity (Wildman–Crippen MR) is 70.6 cm³/mol. The number of nitrogens with one attached hydrogen (secondary N) is 1. The van der Waals surface area contributed by atoms with Gasteiger partial charge in [0.25, 0.3) is 0 Å². The maximum atomic E-state index is 5.89. The third kappa shape index (κ3) is 2.65. The lowest BCUT2D eigenvalue weighted by atomic mass is 10.1. The maximum Gasteiger partial charge on any atom is 0.168 e. The molecule has 3 rings (SSSR count). The van der Waals surface area contributed by atoms with Crippen LogP contribution in [0, 0.1) is 5.92 Å². The highest BCUT2D eigenvalue weighted by molar-refractivity contribution is 4.98. The first-order valence-corrected chi connectivity index (χ1v) is 7.44. The summed E-state index contributed by atoms with van der Waals surface area (Å²) in [6.07, 6.45) is 5.05. The van der Waals surface area contributed by atoms with E-state index < -0.39 is 0 Å². The van der Waals surface area contributed by atoms with Gasteiger partial charge in [-0.15, -0.1) is 5.10 Å². The van der Waals surface area contributed by atoms with Gasteiger partial charge in [-0.2, -0.15) is 0 Å². The van der Waals surface area contributed by atoms with Crippen LogP contribution in [0.15, 0.2) is 0 Å². The van der Waals surface area contributed by atoms with Gasteiger partial charge in [-0.1, -0.05) is 6.92 Å². The molecule has 6 nitrogen and oxygen atoms in total. The molecule has 0 aromatic carbocycles. The Morgan fingerprint density at radius 3 is 3.00 bits per heavy atom. The van der Waals surface area contributed by atoms with Crippen molar-refractivity contribution >= 4 is 0 Å². The van der Waals surface area contributed by atoms with E-state index in [1.54, 1.807) is 0 Å². The Morgan fingerprint density at radius 2 is 2.26 bits per heavy atom. The van der Waals surface area contributed by atoms with Crippen molar-refractivity contribution in [3.05, 3.63) is 5.82 Å². The van der Waals surface area contributed by atoms with Crippen molar-refractivity contribution in [1.29, 1.82) is 0 Å². The zero-order valence-corrected chi connectivity index (χ0v) is 11.7. The topological polar surface area (TPSA) is 64.9 Å². The summed E-state index contributed by atoms with van der Waals surface area (Å²) < 4.78 is 7.90. The van der Waals surface area contributed by atoms with Crippen LogP contribution in [0.25, 0.3) is 0 Å². The van der Waals surface area contributed by atoms with E-state index in [0.29, 0.717) is 12.1 Å². The zero-order valence-electron chi connectivity index (χ0n) is 11.7. The van der Waals surface area contributed by atoms with Gasteiger partial charge in [0, 0.05) is 6.61 Å². The number of hydrogen-bond donors (Lipinski definition) is 1. The largest absolute Gasteiger partial charge is 0.376 e. The molecule has 0 radical (unpaired) electrons. The van der Waals surface area contributed by atoms with Crippen LogP contribution in [0.3, 0.4) is 0 Å². The molecule has 1 N–H and O–H groups in total. The molecule has 106 valence electrons. The molecule has 1 aliphatic carbocycles. The van der Waals surface area contributed by atoms with Gasteiger partial charge in [-0.3, -0.25) is 0 Å². The van der Waals surface area contributed by atoms with Gasteiger partial charge in [-0.25, -0.2) is 4.68 Å². The second kappa shape index (κ2) is 5.54. The Hall–Kier alpha value is -1.01. The van der Waals surface area contributed by atoms with Crippen molar-refractivity contribution in [3.63, 3.8) is 0 Å². The molecule has 1 saturated heterocycles. The SMILES string of the molecule is CCCNC(C)c1nnnn1C1CCOC1C1CC1. The van der Waals surface area contributed by atoms with Crippen LogP contribution in [-0.2, 0) is 4.74 Å². The first kappa shape index (κ1) is 13.0. The number of tetrazole rings is 1. The minimum atomic E-state index is 0.190. The number of hydrogen-bond acceptors (Lipinski definition) is 5. The van der Waals surface area contributed by atoms with E-state index in [9.17, 15) is 0 Å². The number of nitrogens with zero attached hydrogens (tertiary/aromatic N) is 4. The summed E-state index contributed by atoms with van der Waals surface area (Å²) in [5.74, 6) is 1.66. The fraction of sp³-hybridized carbons (Fsp3) is 0.923. The molecule has 2 heterocycles. The highest BCUT2D eigenvalue weighted by Crippen LogP contribution is 2.43. The summed E-state index contributed by atoms with van der Waals surface area (Å²) in [6.45, 7) is 6.11. The highest BCUT2D eigenvalue weighted by Gasteiger charge is 2.43. The van der Waals surface area contributed by atoms with Gasteiger partial charge in [0.05, 0.1) is 18.2 Å². The standard InChI is InChI=1S/C13H23N5O/c1-3-7-14-9(2)13-15-16-17-18(13)11-6-8-19-12(11)10-4-5-10/h9-12,14H,3-8H2,1-2H3. The van der Waals surface area contributed by atoms with Crippen LogP contribution in [0.1, 0.15) is 57.4 Å². The Labute approximate surface area is 113 Å². The molecule has 1 aromatic heterocycles. The fourth-order valence-corrected chi connectivity index (χ4v) is 2.91. The maximum absolute atomic E-state index is 5.89. The summed E-state index contributed by atoms with van der Waals surface area (Å²) >= 11 is 0. The monoisotopic (exact) mass is 265 g/mol. The molecule has 2 aliphatic rings. The Balaban J connectivity index is 1.75. The number of aromatic nitrogens is 4. The van der Waals surface area contributed by atoms with Crippen LogP contribution in [0.2, 0.25) is 0 Å². The van der Waals surface area contributed by atoms with Crippen molar-refractivity contribution in [2.24, 2.45) is 5.92 Å². The van der Waals surface area contributed by atoms with Gasteiger partial charge in [-0.05, 0) is 55.5 Å². The van der Waals surface area contributed by atoms with Crippen molar-refractivity contribution < 1.29 is 4.74 Å². The minimum absolute atomic E-state index is 0.190. The van der Waals surface area contributed by atoms with Crippen LogP contribution in [0.4, 0.5) is 0 Å². The third-order valence-electron chi connectivity index (χ3n) is 4.11. The smallest absolute Gasteiger partial charge is 0.168 e. The number of ether oxygens (including phenoxy) is 1. The Kier molecular flexibility index (Phi) is 3.79. The van der Waals surface area contributed by atoms with Gasteiger partial charge < -0.3 is 10.1 Å². The van der Waals surface area contributed by atoms with E-state index in [2.05, 4.69) is 34.7 Å². The molecule has 19 heavy (non-hydrogen) atoms. The van der Waals surface area contributed by atoms with E-state index >= 15 is 0 Å². The summed E-state index contributed by atoms with van der Waals surface area (Å²) in [5, 5.41) is 15.8. The van der Waals surface area contributed by atoms with E-state index in [0.717, 1.165) is 37.7 Å². The molecule has 0 amide bonds. The van der Waals surface area contributed by atoms with Crippen LogP contribution in [0.5, 0.6) is 0 Å². The molecule has 0 spiro atoms. The van der Waals surface area contributed by atoms with Crippen LogP contribution in [-0.4, -0.2) is 39.5 Å². The second-order valence-electron chi connectivity index (χ2n) is 5.69. The van der Waals surface area contributed by atoms with Crippen molar-refractivity contribution in [2.45, 2.75) is 57.7 Å². The zero-order chi connectivity index (χ0) is 13.2. The average molecular weight is 265 g/mol. The first-order chi connectivity index (χ1) is 9.31. The van der Waals surface area contributed by atoms with Crippen molar-refractivity contribution in [2.75, 3.05) is 13.2 Å². The molecular formula is C13H23N5O. The normalized spacial score (nSPS) is 28.7. The molecule has 6 heteroatoms.